The van der Waals surface area contributed by atoms with Gasteiger partial charge in [0.1, 0.15) is 6.54 Å². The van der Waals surface area contributed by atoms with Crippen molar-refractivity contribution in [3.63, 3.8) is 0 Å². The molecule has 2 saturated heterocycles. The van der Waals surface area contributed by atoms with Crippen LogP contribution in [0.2, 0.25) is 0 Å². The Balaban J connectivity index is 2.01. The molecule has 2 aliphatic heterocycles. The van der Waals surface area contributed by atoms with Gasteiger partial charge >= 0.3 is 12.0 Å². The number of amides is 2. The number of urea groups is 1. The van der Waals surface area contributed by atoms with E-state index in [1.165, 1.54) is 17.7 Å². The van der Waals surface area contributed by atoms with Crippen molar-refractivity contribution >= 4 is 12.0 Å². The molecule has 21 heavy (non-hydrogen) atoms. The lowest BCUT2D eigenvalue weighted by Crippen LogP contribution is -2.57. The molecule has 0 aromatic carbocycles. The first kappa shape index (κ1) is 16.1. The number of carbonyl (C=O) groups excluding carboxylic acids is 1. The van der Waals surface area contributed by atoms with Gasteiger partial charge in [-0.25, -0.2) is 4.79 Å². The van der Waals surface area contributed by atoms with E-state index in [2.05, 4.69) is 11.9 Å². The molecule has 0 radical (unpaired) electrons. The SMILES string of the molecule is CC(C)N(CC(=O)O)C(=O)N1CCC2C(CCCN2C)C1. The highest BCUT2D eigenvalue weighted by molar-refractivity contribution is 5.80. The summed E-state index contributed by atoms with van der Waals surface area (Å²) >= 11 is 0. The molecule has 0 spiro atoms. The van der Waals surface area contributed by atoms with E-state index >= 15 is 0 Å². The number of carboxylic acids is 1. The Hall–Kier alpha value is -1.30. The fraction of sp³-hybridized carbons (Fsp3) is 0.867. The number of nitrogens with zero attached hydrogens (tertiary/aromatic N) is 3. The number of rotatable bonds is 3. The molecule has 2 aliphatic rings. The normalized spacial score (nSPS) is 26.6. The van der Waals surface area contributed by atoms with E-state index in [9.17, 15) is 9.59 Å². The lowest BCUT2D eigenvalue weighted by atomic mass is 9.84. The average Bonchev–Trinajstić information content (AvgIpc) is 2.43. The smallest absolute Gasteiger partial charge is 0.323 e. The lowest BCUT2D eigenvalue weighted by Gasteiger charge is -2.47. The van der Waals surface area contributed by atoms with Crippen molar-refractivity contribution in [1.29, 1.82) is 0 Å². The zero-order valence-corrected chi connectivity index (χ0v) is 13.3. The summed E-state index contributed by atoms with van der Waals surface area (Å²) in [5, 5.41) is 8.98. The molecule has 0 bridgehead atoms. The maximum atomic E-state index is 12.6. The predicted molar refractivity (Wildman–Crippen MR) is 80.2 cm³/mol. The topological polar surface area (TPSA) is 64.1 Å². The van der Waals surface area contributed by atoms with Gasteiger partial charge in [0, 0.05) is 25.2 Å². The Labute approximate surface area is 126 Å². The van der Waals surface area contributed by atoms with E-state index in [4.69, 9.17) is 5.11 Å². The Morgan fingerprint density at radius 1 is 1.29 bits per heavy atom. The van der Waals surface area contributed by atoms with Crippen LogP contribution in [-0.2, 0) is 4.79 Å². The van der Waals surface area contributed by atoms with Gasteiger partial charge in [0.2, 0.25) is 0 Å². The number of piperidine rings is 2. The van der Waals surface area contributed by atoms with Gasteiger partial charge in [-0.15, -0.1) is 0 Å². The minimum absolute atomic E-state index is 0.0969. The third-order valence-corrected chi connectivity index (χ3v) is 4.79. The van der Waals surface area contributed by atoms with Gasteiger partial charge in [-0.3, -0.25) is 4.79 Å². The highest BCUT2D eigenvalue weighted by Crippen LogP contribution is 2.30. The molecule has 2 atom stereocenters. The zero-order valence-electron chi connectivity index (χ0n) is 13.3. The van der Waals surface area contributed by atoms with Crippen molar-refractivity contribution in [2.24, 2.45) is 5.92 Å². The average molecular weight is 297 g/mol. The second kappa shape index (κ2) is 6.64. The van der Waals surface area contributed by atoms with Crippen LogP contribution in [0, 0.1) is 5.92 Å². The first-order valence-corrected chi connectivity index (χ1v) is 7.87. The summed E-state index contributed by atoms with van der Waals surface area (Å²) in [4.78, 5) is 29.3. The molecule has 0 aromatic rings. The van der Waals surface area contributed by atoms with E-state index < -0.39 is 5.97 Å². The molecule has 2 heterocycles. The zero-order chi connectivity index (χ0) is 15.6. The molecule has 6 nitrogen and oxygen atoms in total. The first-order valence-electron chi connectivity index (χ1n) is 7.87. The van der Waals surface area contributed by atoms with Gasteiger partial charge in [0.25, 0.3) is 0 Å². The third-order valence-electron chi connectivity index (χ3n) is 4.79. The Morgan fingerprint density at radius 3 is 2.62 bits per heavy atom. The van der Waals surface area contributed by atoms with Crippen molar-refractivity contribution < 1.29 is 14.7 Å². The monoisotopic (exact) mass is 297 g/mol. The van der Waals surface area contributed by atoms with Crippen LogP contribution in [0.15, 0.2) is 0 Å². The quantitative estimate of drug-likeness (QED) is 0.853. The van der Waals surface area contributed by atoms with Gasteiger partial charge in [0.05, 0.1) is 0 Å². The highest BCUT2D eigenvalue weighted by atomic mass is 16.4. The second-order valence-corrected chi connectivity index (χ2v) is 6.58. The predicted octanol–water partition coefficient (Wildman–Crippen LogP) is 1.32. The van der Waals surface area contributed by atoms with E-state index in [0.717, 1.165) is 26.1 Å². The molecule has 6 heteroatoms. The summed E-state index contributed by atoms with van der Waals surface area (Å²) < 4.78 is 0. The molecular weight excluding hydrogens is 270 g/mol. The van der Waals surface area contributed by atoms with Gasteiger partial charge in [0.15, 0.2) is 0 Å². The molecular formula is C15H27N3O3. The molecule has 2 amide bonds. The van der Waals surface area contributed by atoms with E-state index in [1.54, 1.807) is 0 Å². The van der Waals surface area contributed by atoms with Gasteiger partial charge in [-0.2, -0.15) is 0 Å². The van der Waals surface area contributed by atoms with Gasteiger partial charge in [-0.1, -0.05) is 0 Å². The molecule has 2 unspecified atom stereocenters. The van der Waals surface area contributed by atoms with E-state index in [1.807, 2.05) is 18.7 Å². The van der Waals surface area contributed by atoms with Gasteiger partial charge < -0.3 is 19.8 Å². The molecule has 120 valence electrons. The molecule has 0 saturated carbocycles. The van der Waals surface area contributed by atoms with Crippen LogP contribution in [0.25, 0.3) is 0 Å². The van der Waals surface area contributed by atoms with Crippen LogP contribution in [0.4, 0.5) is 4.79 Å². The summed E-state index contributed by atoms with van der Waals surface area (Å²) in [6.07, 6.45) is 3.34. The Kier molecular flexibility index (Phi) is 5.08. The molecule has 0 aromatic heterocycles. The second-order valence-electron chi connectivity index (χ2n) is 6.58. The molecule has 2 rings (SSSR count). The number of hydrogen-bond acceptors (Lipinski definition) is 3. The number of hydrogen-bond donors (Lipinski definition) is 1. The maximum Gasteiger partial charge on any atom is 0.323 e. The summed E-state index contributed by atoms with van der Waals surface area (Å²) in [5.74, 6) is -0.426. The minimum atomic E-state index is -0.954. The number of carboxylic acid groups (broad SMARTS) is 1. The summed E-state index contributed by atoms with van der Waals surface area (Å²) in [5.41, 5.74) is 0. The standard InChI is InChI=1S/C15H27N3O3/c1-11(2)18(10-14(19)20)15(21)17-8-6-13-12(9-17)5-4-7-16(13)3/h11-13H,4-10H2,1-3H3,(H,19,20). The van der Waals surface area contributed by atoms with Crippen LogP contribution < -0.4 is 0 Å². The van der Waals surface area contributed by atoms with Crippen molar-refractivity contribution in [1.82, 2.24) is 14.7 Å². The molecule has 0 aliphatic carbocycles. The third kappa shape index (κ3) is 3.67. The minimum Gasteiger partial charge on any atom is -0.480 e. The van der Waals surface area contributed by atoms with E-state index in [0.29, 0.717) is 12.0 Å². The van der Waals surface area contributed by atoms with Crippen molar-refractivity contribution in [3.05, 3.63) is 0 Å². The Morgan fingerprint density at radius 2 is 2.00 bits per heavy atom. The van der Waals surface area contributed by atoms with Crippen molar-refractivity contribution in [2.75, 3.05) is 33.2 Å². The van der Waals surface area contributed by atoms with Gasteiger partial charge in [-0.05, 0) is 52.6 Å². The lowest BCUT2D eigenvalue weighted by molar-refractivity contribution is -0.138. The van der Waals surface area contributed by atoms with E-state index in [-0.39, 0.29) is 18.6 Å². The summed E-state index contributed by atoms with van der Waals surface area (Å²) in [6, 6.07) is 0.356. The van der Waals surface area contributed by atoms with Crippen molar-refractivity contribution in [2.45, 2.75) is 45.2 Å². The fourth-order valence-corrected chi connectivity index (χ4v) is 3.62. The highest BCUT2D eigenvalue weighted by Gasteiger charge is 2.37. The van der Waals surface area contributed by atoms with Crippen molar-refractivity contribution in [3.8, 4) is 0 Å². The number of fused-ring (bicyclic) bond motifs is 1. The molecule has 2 fully saturated rings. The van der Waals surface area contributed by atoms with Crippen LogP contribution in [0.5, 0.6) is 0 Å². The van der Waals surface area contributed by atoms with Crippen LogP contribution in [-0.4, -0.2) is 77.1 Å². The Bertz CT molecular complexity index is 400. The number of carbonyl (C=O) groups is 2. The number of likely N-dealkylation sites (tertiary alicyclic amines) is 2. The summed E-state index contributed by atoms with van der Waals surface area (Å²) in [6.45, 7) is 6.14. The van der Waals surface area contributed by atoms with Crippen LogP contribution in [0.1, 0.15) is 33.1 Å². The summed E-state index contributed by atoms with van der Waals surface area (Å²) in [7, 11) is 2.17. The first-order chi connectivity index (χ1) is 9.90. The molecule has 1 N–H and O–H groups in total. The van der Waals surface area contributed by atoms with Crippen LogP contribution >= 0.6 is 0 Å². The van der Waals surface area contributed by atoms with Crippen LogP contribution in [0.3, 0.4) is 0 Å². The fourth-order valence-electron chi connectivity index (χ4n) is 3.62. The maximum absolute atomic E-state index is 12.6. The largest absolute Gasteiger partial charge is 0.480 e. The number of aliphatic carboxylic acids is 1.